The maximum atomic E-state index is 11.3. The van der Waals surface area contributed by atoms with Gasteiger partial charge in [0.05, 0.1) is 18.1 Å². The number of rotatable bonds is 4. The summed E-state index contributed by atoms with van der Waals surface area (Å²) in [6, 6.07) is 10.3. The SMILES string of the molecule is O=S1(=O)CCC(C[NH2+]Cc2ccccc2)C1. The van der Waals surface area contributed by atoms with E-state index in [0.717, 1.165) is 19.5 Å². The van der Waals surface area contributed by atoms with Crippen LogP contribution >= 0.6 is 0 Å². The van der Waals surface area contributed by atoms with Crippen molar-refractivity contribution in [1.82, 2.24) is 0 Å². The van der Waals surface area contributed by atoms with E-state index in [2.05, 4.69) is 17.4 Å². The van der Waals surface area contributed by atoms with Gasteiger partial charge in [0.1, 0.15) is 6.54 Å². The largest absolute Gasteiger partial charge is 0.342 e. The van der Waals surface area contributed by atoms with Crippen LogP contribution in [-0.2, 0) is 16.4 Å². The Morgan fingerprint density at radius 3 is 2.62 bits per heavy atom. The Labute approximate surface area is 96.8 Å². The lowest BCUT2D eigenvalue weighted by atomic mass is 10.1. The van der Waals surface area contributed by atoms with E-state index in [-0.39, 0.29) is 0 Å². The van der Waals surface area contributed by atoms with Crippen LogP contribution in [0.4, 0.5) is 0 Å². The molecular weight excluding hydrogens is 222 g/mol. The van der Waals surface area contributed by atoms with Crippen LogP contribution in [0.25, 0.3) is 0 Å². The topological polar surface area (TPSA) is 50.8 Å². The quantitative estimate of drug-likeness (QED) is 0.816. The molecule has 1 heterocycles. The average molecular weight is 240 g/mol. The minimum Gasteiger partial charge on any atom is -0.342 e. The van der Waals surface area contributed by atoms with E-state index in [1.54, 1.807) is 0 Å². The fourth-order valence-electron chi connectivity index (χ4n) is 2.16. The summed E-state index contributed by atoms with van der Waals surface area (Å²) in [5.74, 6) is 1.13. The normalized spacial score (nSPS) is 23.4. The third-order valence-electron chi connectivity index (χ3n) is 3.05. The first-order valence-corrected chi connectivity index (χ1v) is 7.54. The average Bonchev–Trinajstić information content (AvgIpc) is 2.60. The predicted octanol–water partition coefficient (Wildman–Crippen LogP) is 0.185. The van der Waals surface area contributed by atoms with Gasteiger partial charge < -0.3 is 5.32 Å². The Bertz CT molecular complexity index is 428. The van der Waals surface area contributed by atoms with E-state index < -0.39 is 9.84 Å². The van der Waals surface area contributed by atoms with Crippen molar-refractivity contribution < 1.29 is 13.7 Å². The van der Waals surface area contributed by atoms with E-state index in [0.29, 0.717) is 17.4 Å². The second-order valence-corrected chi connectivity index (χ2v) is 6.71. The van der Waals surface area contributed by atoms with Crippen molar-refractivity contribution in [2.75, 3.05) is 18.1 Å². The van der Waals surface area contributed by atoms with E-state index in [1.165, 1.54) is 5.56 Å². The molecule has 0 amide bonds. The minimum atomic E-state index is -2.71. The summed E-state index contributed by atoms with van der Waals surface area (Å²) in [5, 5.41) is 2.21. The third kappa shape index (κ3) is 3.32. The van der Waals surface area contributed by atoms with Crippen LogP contribution in [0.3, 0.4) is 0 Å². The van der Waals surface area contributed by atoms with E-state index in [1.807, 2.05) is 18.2 Å². The summed E-state index contributed by atoms with van der Waals surface area (Å²) in [5.41, 5.74) is 1.29. The summed E-state index contributed by atoms with van der Waals surface area (Å²) in [7, 11) is -2.71. The minimum absolute atomic E-state index is 0.355. The van der Waals surface area contributed by atoms with Gasteiger partial charge in [-0.15, -0.1) is 0 Å². The van der Waals surface area contributed by atoms with Crippen LogP contribution in [0.2, 0.25) is 0 Å². The molecule has 0 spiro atoms. The lowest BCUT2D eigenvalue weighted by Gasteiger charge is -2.06. The number of benzene rings is 1. The molecule has 4 heteroatoms. The molecule has 1 aromatic rings. The molecule has 1 aromatic carbocycles. The van der Waals surface area contributed by atoms with Gasteiger partial charge in [-0.05, 0) is 6.42 Å². The smallest absolute Gasteiger partial charge is 0.150 e. The molecule has 1 saturated heterocycles. The highest BCUT2D eigenvalue weighted by molar-refractivity contribution is 7.91. The van der Waals surface area contributed by atoms with Crippen LogP contribution in [0.15, 0.2) is 30.3 Å². The van der Waals surface area contributed by atoms with Gasteiger partial charge in [-0.3, -0.25) is 0 Å². The first kappa shape index (κ1) is 11.6. The highest BCUT2D eigenvalue weighted by atomic mass is 32.2. The van der Waals surface area contributed by atoms with Crippen LogP contribution in [0.5, 0.6) is 0 Å². The summed E-state index contributed by atoms with van der Waals surface area (Å²) in [6.07, 6.45) is 0.841. The van der Waals surface area contributed by atoms with Crippen molar-refractivity contribution in [2.45, 2.75) is 13.0 Å². The number of hydrogen-bond acceptors (Lipinski definition) is 2. The van der Waals surface area contributed by atoms with Gasteiger partial charge in [0.15, 0.2) is 9.84 Å². The highest BCUT2D eigenvalue weighted by Crippen LogP contribution is 2.16. The molecule has 2 N–H and O–H groups in total. The third-order valence-corrected chi connectivity index (χ3v) is 4.89. The van der Waals surface area contributed by atoms with Crippen molar-refractivity contribution in [3.63, 3.8) is 0 Å². The Morgan fingerprint density at radius 1 is 1.25 bits per heavy atom. The van der Waals surface area contributed by atoms with Gasteiger partial charge in [0.2, 0.25) is 0 Å². The molecule has 16 heavy (non-hydrogen) atoms. The molecule has 0 aromatic heterocycles. The fourth-order valence-corrected chi connectivity index (χ4v) is 4.04. The zero-order valence-corrected chi connectivity index (χ0v) is 10.1. The van der Waals surface area contributed by atoms with Gasteiger partial charge in [0.25, 0.3) is 0 Å². The van der Waals surface area contributed by atoms with Crippen molar-refractivity contribution in [1.29, 1.82) is 0 Å². The first-order valence-electron chi connectivity index (χ1n) is 5.72. The van der Waals surface area contributed by atoms with Crippen LogP contribution in [0, 0.1) is 5.92 Å². The molecule has 1 aliphatic rings. The van der Waals surface area contributed by atoms with E-state index in [4.69, 9.17) is 0 Å². The lowest BCUT2D eigenvalue weighted by Crippen LogP contribution is -2.84. The molecule has 88 valence electrons. The molecule has 1 aliphatic heterocycles. The lowest BCUT2D eigenvalue weighted by molar-refractivity contribution is -0.675. The molecule has 0 bridgehead atoms. The summed E-state index contributed by atoms with van der Waals surface area (Å²) in [6.45, 7) is 1.87. The van der Waals surface area contributed by atoms with Gasteiger partial charge >= 0.3 is 0 Å². The molecule has 1 fully saturated rings. The zero-order valence-electron chi connectivity index (χ0n) is 9.30. The van der Waals surface area contributed by atoms with E-state index >= 15 is 0 Å². The number of quaternary nitrogens is 1. The molecular formula is C12H18NO2S+. The second kappa shape index (κ2) is 4.97. The van der Waals surface area contributed by atoms with Crippen molar-refractivity contribution in [3.8, 4) is 0 Å². The monoisotopic (exact) mass is 240 g/mol. The molecule has 2 rings (SSSR count). The van der Waals surface area contributed by atoms with Gasteiger partial charge in [-0.1, -0.05) is 30.3 Å². The highest BCUT2D eigenvalue weighted by Gasteiger charge is 2.28. The Kier molecular flexibility index (Phi) is 3.61. The predicted molar refractivity (Wildman–Crippen MR) is 63.7 cm³/mol. The van der Waals surface area contributed by atoms with E-state index in [9.17, 15) is 8.42 Å². The van der Waals surface area contributed by atoms with Gasteiger partial charge in [0, 0.05) is 11.5 Å². The summed E-state index contributed by atoms with van der Waals surface area (Å²) < 4.78 is 22.5. The van der Waals surface area contributed by atoms with Gasteiger partial charge in [-0.25, -0.2) is 8.42 Å². The second-order valence-electron chi connectivity index (χ2n) is 4.48. The molecule has 3 nitrogen and oxygen atoms in total. The molecule has 1 atom stereocenters. The maximum Gasteiger partial charge on any atom is 0.150 e. The number of hydrogen-bond donors (Lipinski definition) is 1. The van der Waals surface area contributed by atoms with Crippen molar-refractivity contribution >= 4 is 9.84 Å². The van der Waals surface area contributed by atoms with Crippen molar-refractivity contribution in [3.05, 3.63) is 35.9 Å². The van der Waals surface area contributed by atoms with Gasteiger partial charge in [-0.2, -0.15) is 0 Å². The molecule has 0 saturated carbocycles. The fraction of sp³-hybridized carbons (Fsp3) is 0.500. The Balaban J connectivity index is 1.74. The zero-order chi connectivity index (χ0) is 11.4. The molecule has 0 aliphatic carbocycles. The summed E-state index contributed by atoms with van der Waals surface area (Å²) in [4.78, 5) is 0. The molecule has 1 unspecified atom stereocenters. The number of sulfone groups is 1. The van der Waals surface area contributed by atoms with Crippen LogP contribution in [-0.4, -0.2) is 26.5 Å². The Hall–Kier alpha value is -0.870. The molecule has 0 radical (unpaired) electrons. The number of nitrogens with two attached hydrogens (primary N) is 1. The Morgan fingerprint density at radius 2 is 2.00 bits per heavy atom. The van der Waals surface area contributed by atoms with Crippen LogP contribution in [0.1, 0.15) is 12.0 Å². The maximum absolute atomic E-state index is 11.3. The van der Waals surface area contributed by atoms with Crippen molar-refractivity contribution in [2.24, 2.45) is 5.92 Å². The first-order chi connectivity index (χ1) is 7.66. The summed E-state index contributed by atoms with van der Waals surface area (Å²) >= 11 is 0. The van der Waals surface area contributed by atoms with Crippen LogP contribution < -0.4 is 5.32 Å². The standard InChI is InChI=1S/C12H17NO2S/c14-16(15)7-6-12(10-16)9-13-8-11-4-2-1-3-5-11/h1-5,12-13H,6-10H2/p+1.